The minimum Gasteiger partial charge on any atom is -0.317 e. The zero-order chi connectivity index (χ0) is 11.1. The molecule has 0 bridgehead atoms. The molecule has 1 N–H and O–H groups in total. The summed E-state index contributed by atoms with van der Waals surface area (Å²) in [6.45, 7) is 6.44. The first-order valence-electron chi connectivity index (χ1n) is 5.57. The second kappa shape index (κ2) is 6.81. The highest BCUT2D eigenvalue weighted by Crippen LogP contribution is 2.18. The van der Waals surface area contributed by atoms with E-state index in [2.05, 4.69) is 24.1 Å². The Morgan fingerprint density at radius 1 is 1.47 bits per heavy atom. The van der Waals surface area contributed by atoms with E-state index in [0.717, 1.165) is 24.5 Å². The van der Waals surface area contributed by atoms with E-state index >= 15 is 0 Å². The summed E-state index contributed by atoms with van der Waals surface area (Å²) < 4.78 is 0. The molecule has 1 heterocycles. The van der Waals surface area contributed by atoms with Crippen molar-refractivity contribution >= 4 is 11.6 Å². The molecule has 0 aromatic carbocycles. The molecule has 0 radical (unpaired) electrons. The zero-order valence-corrected chi connectivity index (χ0v) is 10.2. The quantitative estimate of drug-likeness (QED) is 0.807. The highest BCUT2D eigenvalue weighted by atomic mass is 35.5. The summed E-state index contributed by atoms with van der Waals surface area (Å²) in [5, 5.41) is 4.16. The van der Waals surface area contributed by atoms with Crippen LogP contribution in [0, 0.1) is 5.92 Å². The topological polar surface area (TPSA) is 24.9 Å². The summed E-state index contributed by atoms with van der Waals surface area (Å²) in [5.41, 5.74) is 1.21. The number of halogens is 1. The smallest absolute Gasteiger partial charge is 0.0621 e. The number of pyridine rings is 1. The fourth-order valence-corrected chi connectivity index (χ4v) is 1.79. The molecule has 0 spiro atoms. The largest absolute Gasteiger partial charge is 0.317 e. The number of aromatic nitrogens is 1. The minimum atomic E-state index is 0.657. The Bertz CT molecular complexity index is 289. The number of rotatable bonds is 6. The van der Waals surface area contributed by atoms with Crippen molar-refractivity contribution in [3.8, 4) is 0 Å². The van der Waals surface area contributed by atoms with Gasteiger partial charge in [0.05, 0.1) is 5.02 Å². The highest BCUT2D eigenvalue weighted by molar-refractivity contribution is 6.31. The van der Waals surface area contributed by atoms with E-state index in [-0.39, 0.29) is 0 Å². The normalized spacial score (nSPS) is 12.7. The maximum atomic E-state index is 6.08. The van der Waals surface area contributed by atoms with E-state index in [9.17, 15) is 0 Å². The van der Waals surface area contributed by atoms with Crippen molar-refractivity contribution in [3.05, 3.63) is 29.0 Å². The Kier molecular flexibility index (Phi) is 5.66. The van der Waals surface area contributed by atoms with Gasteiger partial charge in [0.1, 0.15) is 0 Å². The van der Waals surface area contributed by atoms with Gasteiger partial charge >= 0.3 is 0 Å². The lowest BCUT2D eigenvalue weighted by Crippen LogP contribution is -2.23. The molecule has 0 aliphatic carbocycles. The molecule has 0 aliphatic heterocycles. The number of hydrogen-bond donors (Lipinski definition) is 1. The molecule has 15 heavy (non-hydrogen) atoms. The Hall–Kier alpha value is -0.600. The molecule has 84 valence electrons. The van der Waals surface area contributed by atoms with Crippen LogP contribution in [-0.4, -0.2) is 18.1 Å². The van der Waals surface area contributed by atoms with Crippen LogP contribution in [0.1, 0.15) is 25.8 Å². The van der Waals surface area contributed by atoms with Gasteiger partial charge in [-0.15, -0.1) is 0 Å². The molecule has 1 atom stereocenters. The van der Waals surface area contributed by atoms with Crippen molar-refractivity contribution in [2.75, 3.05) is 13.1 Å². The van der Waals surface area contributed by atoms with E-state index in [0.29, 0.717) is 5.92 Å². The molecule has 1 unspecified atom stereocenters. The molecule has 0 amide bonds. The average molecular weight is 227 g/mol. The van der Waals surface area contributed by atoms with Gasteiger partial charge in [-0.25, -0.2) is 0 Å². The van der Waals surface area contributed by atoms with Crippen LogP contribution >= 0.6 is 11.6 Å². The molecule has 2 nitrogen and oxygen atoms in total. The Balaban J connectivity index is 2.54. The summed E-state index contributed by atoms with van der Waals surface area (Å²) in [6.07, 6.45) is 5.73. The maximum absolute atomic E-state index is 6.08. The molecule has 1 aromatic heterocycles. The minimum absolute atomic E-state index is 0.657. The van der Waals surface area contributed by atoms with E-state index in [1.54, 1.807) is 12.4 Å². The summed E-state index contributed by atoms with van der Waals surface area (Å²) in [5.74, 6) is 0.657. The molecule has 0 fully saturated rings. The van der Waals surface area contributed by atoms with E-state index in [4.69, 9.17) is 11.6 Å². The molecule has 0 saturated heterocycles. The van der Waals surface area contributed by atoms with Gasteiger partial charge in [0.15, 0.2) is 0 Å². The third-order valence-corrected chi connectivity index (χ3v) is 2.97. The lowest BCUT2D eigenvalue weighted by atomic mass is 9.97. The summed E-state index contributed by atoms with van der Waals surface area (Å²) in [7, 11) is 0. The standard InChI is InChI=1S/C12H19ClN2/c1-3-10(8-14-4-2)7-11-5-6-15-9-12(11)13/h5-6,9-10,14H,3-4,7-8H2,1-2H3. The van der Waals surface area contributed by atoms with Crippen molar-refractivity contribution in [1.82, 2.24) is 10.3 Å². The molecule has 1 aromatic rings. The van der Waals surface area contributed by atoms with E-state index in [1.807, 2.05) is 6.07 Å². The highest BCUT2D eigenvalue weighted by Gasteiger charge is 2.09. The van der Waals surface area contributed by atoms with Gasteiger partial charge < -0.3 is 5.32 Å². The molecule has 1 rings (SSSR count). The molecule has 0 saturated carbocycles. The van der Waals surface area contributed by atoms with Crippen LogP contribution in [0.25, 0.3) is 0 Å². The first-order chi connectivity index (χ1) is 7.27. The molecule has 3 heteroatoms. The number of hydrogen-bond acceptors (Lipinski definition) is 2. The van der Waals surface area contributed by atoms with Crippen molar-refractivity contribution in [3.63, 3.8) is 0 Å². The SMILES string of the molecule is CCNCC(CC)Cc1ccncc1Cl. The van der Waals surface area contributed by atoms with Crippen molar-refractivity contribution < 1.29 is 0 Å². The fourth-order valence-electron chi connectivity index (χ4n) is 1.59. The van der Waals surface area contributed by atoms with E-state index < -0.39 is 0 Å². The van der Waals surface area contributed by atoms with Gasteiger partial charge in [-0.05, 0) is 37.1 Å². The predicted molar refractivity (Wildman–Crippen MR) is 65.3 cm³/mol. The van der Waals surface area contributed by atoms with Crippen molar-refractivity contribution in [2.24, 2.45) is 5.92 Å². The van der Waals surface area contributed by atoms with Crippen LogP contribution in [0.5, 0.6) is 0 Å². The van der Waals surface area contributed by atoms with Gasteiger partial charge in [-0.2, -0.15) is 0 Å². The zero-order valence-electron chi connectivity index (χ0n) is 9.46. The fraction of sp³-hybridized carbons (Fsp3) is 0.583. The second-order valence-corrected chi connectivity index (χ2v) is 4.16. The maximum Gasteiger partial charge on any atom is 0.0621 e. The Labute approximate surface area is 97.1 Å². The van der Waals surface area contributed by atoms with Crippen molar-refractivity contribution in [2.45, 2.75) is 26.7 Å². The van der Waals surface area contributed by atoms with Gasteiger partial charge in [0.2, 0.25) is 0 Å². The molecule has 0 aliphatic rings. The number of nitrogens with zero attached hydrogens (tertiary/aromatic N) is 1. The van der Waals surface area contributed by atoms with Gasteiger partial charge in [0, 0.05) is 12.4 Å². The summed E-state index contributed by atoms with van der Waals surface area (Å²) >= 11 is 6.08. The van der Waals surface area contributed by atoms with Gasteiger partial charge in [0.25, 0.3) is 0 Å². The van der Waals surface area contributed by atoms with E-state index in [1.165, 1.54) is 12.0 Å². The monoisotopic (exact) mass is 226 g/mol. The van der Waals surface area contributed by atoms with Gasteiger partial charge in [-0.1, -0.05) is 31.9 Å². The average Bonchev–Trinajstić information content (AvgIpc) is 2.26. The van der Waals surface area contributed by atoms with Crippen LogP contribution < -0.4 is 5.32 Å². The summed E-state index contributed by atoms with van der Waals surface area (Å²) in [6, 6.07) is 2.01. The second-order valence-electron chi connectivity index (χ2n) is 3.75. The number of nitrogens with one attached hydrogen (secondary N) is 1. The predicted octanol–water partition coefficient (Wildman–Crippen LogP) is 2.91. The lowest BCUT2D eigenvalue weighted by molar-refractivity contribution is 0.467. The summed E-state index contributed by atoms with van der Waals surface area (Å²) in [4.78, 5) is 3.99. The molecular formula is C12H19ClN2. The Morgan fingerprint density at radius 2 is 2.27 bits per heavy atom. The van der Waals surface area contributed by atoms with Crippen LogP contribution in [0.4, 0.5) is 0 Å². The lowest BCUT2D eigenvalue weighted by Gasteiger charge is -2.15. The van der Waals surface area contributed by atoms with Crippen LogP contribution in [-0.2, 0) is 6.42 Å². The Morgan fingerprint density at radius 3 is 2.87 bits per heavy atom. The first-order valence-corrected chi connectivity index (χ1v) is 5.94. The first kappa shape index (κ1) is 12.5. The molecular weight excluding hydrogens is 208 g/mol. The third kappa shape index (κ3) is 4.18. The van der Waals surface area contributed by atoms with Crippen LogP contribution in [0.2, 0.25) is 5.02 Å². The third-order valence-electron chi connectivity index (χ3n) is 2.63. The van der Waals surface area contributed by atoms with Gasteiger partial charge in [-0.3, -0.25) is 4.98 Å². The van der Waals surface area contributed by atoms with Crippen LogP contribution in [0.3, 0.4) is 0 Å². The van der Waals surface area contributed by atoms with Crippen LogP contribution in [0.15, 0.2) is 18.5 Å². The van der Waals surface area contributed by atoms with Crippen molar-refractivity contribution in [1.29, 1.82) is 0 Å².